The third-order valence-corrected chi connectivity index (χ3v) is 9.05. The van der Waals surface area contributed by atoms with Gasteiger partial charge in [0.05, 0.1) is 31.2 Å². The molecule has 0 saturated carbocycles. The predicted octanol–water partition coefficient (Wildman–Crippen LogP) is 9.33. The quantitative estimate of drug-likeness (QED) is 0.111. The van der Waals surface area contributed by atoms with Gasteiger partial charge in [-0.1, -0.05) is 25.0 Å². The molecule has 0 spiro atoms. The number of carbonyl (C=O) groups excluding carboxylic acids is 2. The molecule has 2 aromatic carbocycles. The number of nitrogens with zero attached hydrogens (tertiary/aromatic N) is 4. The summed E-state index contributed by atoms with van der Waals surface area (Å²) >= 11 is 0. The fraction of sp³-hybridized carbons (Fsp3) is 0.529. The summed E-state index contributed by atoms with van der Waals surface area (Å²) in [4.78, 5) is 29.7. The molecule has 4 rings (SSSR count). The molecule has 1 amide bonds. The summed E-state index contributed by atoms with van der Waals surface area (Å²) in [6.07, 6.45) is -2.77. The monoisotopic (exact) mass is 642 g/mol. The van der Waals surface area contributed by atoms with E-state index in [2.05, 4.69) is 29.9 Å². The van der Waals surface area contributed by atoms with E-state index < -0.39 is 35.4 Å². The number of hydrogen-bond donors (Lipinski definition) is 0. The van der Waals surface area contributed by atoms with Crippen LogP contribution < -0.4 is 4.74 Å². The number of hydrogen-bond acceptors (Lipinski definition) is 6. The zero-order chi connectivity index (χ0) is 34.0. The number of carbonyl (C=O) groups is 2. The van der Waals surface area contributed by atoms with E-state index in [1.54, 1.807) is 18.9 Å². The van der Waals surface area contributed by atoms with Gasteiger partial charge in [-0.05, 0) is 116 Å². The summed E-state index contributed by atoms with van der Waals surface area (Å²) < 4.78 is 57.4. The highest BCUT2D eigenvalue weighted by Crippen LogP contribution is 2.46. The van der Waals surface area contributed by atoms with Crippen LogP contribution in [0.25, 0.3) is 16.0 Å². The fourth-order valence-electron chi connectivity index (χ4n) is 6.31. The first-order chi connectivity index (χ1) is 21.5. The van der Waals surface area contributed by atoms with Gasteiger partial charge in [-0.25, -0.2) is 4.79 Å². The second kappa shape index (κ2) is 13.3. The molecule has 0 radical (unpaired) electrons. The van der Waals surface area contributed by atoms with Crippen molar-refractivity contribution in [3.63, 3.8) is 0 Å². The van der Waals surface area contributed by atoms with Crippen molar-refractivity contribution < 1.29 is 37.0 Å². The van der Waals surface area contributed by atoms with Crippen molar-refractivity contribution in [2.75, 3.05) is 20.8 Å². The molecular formula is C34H41F3N4O5. The molecule has 1 aliphatic heterocycles. The zero-order valence-electron chi connectivity index (χ0n) is 27.3. The maximum atomic E-state index is 13.7. The normalized spacial score (nSPS) is 19.9. The Hall–Kier alpha value is -4.18. The molecular weight excluding hydrogens is 601 g/mol. The Bertz CT molecular complexity index is 1580. The van der Waals surface area contributed by atoms with E-state index in [9.17, 15) is 22.8 Å². The number of allylic oxidation sites excluding steroid dienone is 1. The summed E-state index contributed by atoms with van der Waals surface area (Å²) in [6.45, 7) is 10.0. The number of benzene rings is 2. The number of ether oxygens (including phenoxy) is 3. The molecule has 46 heavy (non-hydrogen) atoms. The summed E-state index contributed by atoms with van der Waals surface area (Å²) in [5.41, 5.74) is 11.1. The van der Waals surface area contributed by atoms with Crippen molar-refractivity contribution in [3.05, 3.63) is 74.7 Å². The van der Waals surface area contributed by atoms with E-state index in [1.807, 2.05) is 26.0 Å². The third kappa shape index (κ3) is 7.61. The lowest BCUT2D eigenvalue weighted by Gasteiger charge is -2.36. The van der Waals surface area contributed by atoms with Gasteiger partial charge in [0.2, 0.25) is 0 Å². The smallest absolute Gasteiger partial charge is 0.416 e. The largest absolute Gasteiger partial charge is 0.496 e. The van der Waals surface area contributed by atoms with E-state index in [0.29, 0.717) is 25.0 Å². The molecule has 1 heterocycles. The minimum atomic E-state index is -4.68. The Balaban J connectivity index is 1.70. The Labute approximate surface area is 267 Å². The van der Waals surface area contributed by atoms with Crippen molar-refractivity contribution in [1.82, 2.24) is 4.90 Å². The van der Waals surface area contributed by atoms with Crippen LogP contribution in [0.3, 0.4) is 0 Å². The number of alkyl halides is 3. The Morgan fingerprint density at radius 1 is 1.17 bits per heavy atom. The standard InChI is InChI=1S/C34H41F3N4O5/c1-20-29(22-15-24(34(35,36)37)17-25(16-22)39-40-38)46-31(43)41(20)19-23-18-32(2,3)12-11-26(23)27-14-21(8-9-28(27)44-6)10-13-33(4,5)30(42)45-7/h8-9,14-17,20,29H,10-13,18-19H2,1-7H3/t20-,29-/m0/s1. The number of azide groups is 1. The Morgan fingerprint density at radius 3 is 2.52 bits per heavy atom. The van der Waals surface area contributed by atoms with Crippen LogP contribution in [0.1, 0.15) is 88.7 Å². The van der Waals surface area contributed by atoms with Gasteiger partial charge < -0.3 is 14.2 Å². The van der Waals surface area contributed by atoms with E-state index in [4.69, 9.17) is 19.7 Å². The molecule has 0 unspecified atom stereocenters. The van der Waals surface area contributed by atoms with Crippen LogP contribution in [0.15, 0.2) is 47.1 Å². The van der Waals surface area contributed by atoms with E-state index in [1.165, 1.54) is 13.2 Å². The number of cyclic esters (lactones) is 1. The topological polar surface area (TPSA) is 114 Å². The van der Waals surface area contributed by atoms with Crippen LogP contribution in [-0.2, 0) is 26.9 Å². The van der Waals surface area contributed by atoms with Crippen LogP contribution in [-0.4, -0.2) is 43.8 Å². The highest BCUT2D eigenvalue weighted by atomic mass is 19.4. The van der Waals surface area contributed by atoms with Crippen LogP contribution in [0.4, 0.5) is 23.7 Å². The third-order valence-electron chi connectivity index (χ3n) is 9.05. The average Bonchev–Trinajstić information content (AvgIpc) is 3.27. The van der Waals surface area contributed by atoms with Gasteiger partial charge in [0, 0.05) is 22.7 Å². The average molecular weight is 643 g/mol. The van der Waals surface area contributed by atoms with Gasteiger partial charge in [0.15, 0.2) is 0 Å². The number of aryl methyl sites for hydroxylation is 1. The highest BCUT2D eigenvalue weighted by Gasteiger charge is 2.42. The minimum absolute atomic E-state index is 0.0499. The van der Waals surface area contributed by atoms with Gasteiger partial charge in [-0.3, -0.25) is 9.69 Å². The van der Waals surface area contributed by atoms with Crippen molar-refractivity contribution in [2.24, 2.45) is 15.9 Å². The molecule has 1 saturated heterocycles. The lowest BCUT2D eigenvalue weighted by Crippen LogP contribution is -2.35. The number of esters is 1. The summed E-state index contributed by atoms with van der Waals surface area (Å²) in [6, 6.07) is 8.38. The predicted molar refractivity (Wildman–Crippen MR) is 167 cm³/mol. The molecule has 0 aromatic heterocycles. The van der Waals surface area contributed by atoms with Crippen LogP contribution in [0.2, 0.25) is 0 Å². The molecule has 2 aromatic rings. The van der Waals surface area contributed by atoms with Gasteiger partial charge in [0.1, 0.15) is 11.9 Å². The molecule has 0 bridgehead atoms. The number of halogens is 3. The van der Waals surface area contributed by atoms with Crippen molar-refractivity contribution in [3.8, 4) is 5.75 Å². The van der Waals surface area contributed by atoms with Gasteiger partial charge in [0.25, 0.3) is 0 Å². The molecule has 2 aliphatic rings. The van der Waals surface area contributed by atoms with E-state index in [-0.39, 0.29) is 29.2 Å². The molecule has 12 heteroatoms. The molecule has 9 nitrogen and oxygen atoms in total. The van der Waals surface area contributed by atoms with Crippen molar-refractivity contribution in [1.29, 1.82) is 0 Å². The highest BCUT2D eigenvalue weighted by molar-refractivity contribution is 5.77. The zero-order valence-corrected chi connectivity index (χ0v) is 27.3. The molecule has 1 aliphatic carbocycles. The first-order valence-electron chi connectivity index (χ1n) is 15.2. The lowest BCUT2D eigenvalue weighted by molar-refractivity contribution is -0.151. The molecule has 1 fully saturated rings. The lowest BCUT2D eigenvalue weighted by atomic mass is 9.72. The number of methoxy groups -OCH3 is 2. The van der Waals surface area contributed by atoms with Gasteiger partial charge >= 0.3 is 18.2 Å². The van der Waals surface area contributed by atoms with Crippen molar-refractivity contribution in [2.45, 2.75) is 85.0 Å². The Morgan fingerprint density at radius 2 is 1.89 bits per heavy atom. The molecule has 248 valence electrons. The van der Waals surface area contributed by atoms with E-state index in [0.717, 1.165) is 47.2 Å². The number of rotatable bonds is 10. The van der Waals surface area contributed by atoms with Crippen molar-refractivity contribution >= 4 is 23.3 Å². The second-order valence-corrected chi connectivity index (χ2v) is 13.5. The SMILES string of the molecule is COC(=O)C(C)(C)CCc1ccc(OC)c(C2=C(CN3C(=O)O[C@H](c4cc(N=[N+]=[N-])cc(C(F)(F)F)c4)[C@@H]3C)CC(C)(C)CC2)c1. The molecule has 2 atom stereocenters. The van der Waals surface area contributed by atoms with E-state index >= 15 is 0 Å². The Kier molecular flexibility index (Phi) is 10.0. The van der Waals surface area contributed by atoms with Crippen LogP contribution >= 0.6 is 0 Å². The van der Waals surface area contributed by atoms with Crippen LogP contribution in [0.5, 0.6) is 5.75 Å². The first kappa shape index (κ1) is 34.7. The number of amides is 1. The fourth-order valence-corrected chi connectivity index (χ4v) is 6.31. The summed E-state index contributed by atoms with van der Waals surface area (Å²) in [5.74, 6) is 0.414. The minimum Gasteiger partial charge on any atom is -0.496 e. The first-order valence-corrected chi connectivity index (χ1v) is 15.2. The van der Waals surface area contributed by atoms with Crippen LogP contribution in [0, 0.1) is 10.8 Å². The molecule has 0 N–H and O–H groups in total. The van der Waals surface area contributed by atoms with Gasteiger partial charge in [-0.2, -0.15) is 13.2 Å². The maximum Gasteiger partial charge on any atom is 0.416 e. The summed E-state index contributed by atoms with van der Waals surface area (Å²) in [5, 5.41) is 3.38. The second-order valence-electron chi connectivity index (χ2n) is 13.5. The van der Waals surface area contributed by atoms with Gasteiger partial charge in [-0.15, -0.1) is 0 Å². The maximum absolute atomic E-state index is 13.7. The summed E-state index contributed by atoms with van der Waals surface area (Å²) in [7, 11) is 2.99.